The Balaban J connectivity index is 1.53. The second-order valence-electron chi connectivity index (χ2n) is 7.84. The van der Waals surface area contributed by atoms with Crippen molar-refractivity contribution < 1.29 is 19.0 Å². The lowest BCUT2D eigenvalue weighted by molar-refractivity contribution is 0.00145. The second kappa shape index (κ2) is 8.93. The van der Waals surface area contributed by atoms with Crippen LogP contribution < -0.4 is 10.1 Å². The molecular formula is C23H27FN2O3. The third-order valence-electron chi connectivity index (χ3n) is 5.91. The van der Waals surface area contributed by atoms with Crippen LogP contribution in [0.25, 0.3) is 0 Å². The Morgan fingerprint density at radius 3 is 2.45 bits per heavy atom. The lowest BCUT2D eigenvalue weighted by atomic mass is 10.0. The quantitative estimate of drug-likeness (QED) is 0.813. The predicted molar refractivity (Wildman–Crippen MR) is 108 cm³/mol. The van der Waals surface area contributed by atoms with Crippen LogP contribution in [0.15, 0.2) is 54.6 Å². The smallest absolute Gasteiger partial charge is 0.254 e. The number of carbonyl (C=O) groups is 1. The summed E-state index contributed by atoms with van der Waals surface area (Å²) < 4.78 is 20.1. The minimum absolute atomic E-state index is 0.0202. The van der Waals surface area contributed by atoms with Gasteiger partial charge in [-0.05, 0) is 50.2 Å². The molecule has 4 atom stereocenters. The van der Waals surface area contributed by atoms with Crippen LogP contribution in [0.1, 0.15) is 36.0 Å². The van der Waals surface area contributed by atoms with Crippen LogP contribution in [-0.4, -0.2) is 53.3 Å². The molecule has 0 aromatic heterocycles. The highest BCUT2D eigenvalue weighted by Crippen LogP contribution is 2.31. The molecule has 1 saturated heterocycles. The van der Waals surface area contributed by atoms with Crippen molar-refractivity contribution in [2.75, 3.05) is 13.1 Å². The summed E-state index contributed by atoms with van der Waals surface area (Å²) in [7, 11) is 0. The third-order valence-corrected chi connectivity index (χ3v) is 5.91. The number of nitrogens with one attached hydrogen (secondary N) is 1. The lowest BCUT2D eigenvalue weighted by Crippen LogP contribution is -2.54. The summed E-state index contributed by atoms with van der Waals surface area (Å²) in [6, 6.07) is 14.8. The van der Waals surface area contributed by atoms with E-state index in [2.05, 4.69) is 10.2 Å². The zero-order valence-electron chi connectivity index (χ0n) is 16.3. The first-order chi connectivity index (χ1) is 14.1. The molecule has 154 valence electrons. The Morgan fingerprint density at radius 1 is 1.03 bits per heavy atom. The number of aliphatic hydroxyl groups excluding tert-OH is 1. The molecule has 6 heteroatoms. The lowest BCUT2D eigenvalue weighted by Gasteiger charge is -2.37. The predicted octanol–water partition coefficient (Wildman–Crippen LogP) is 2.99. The van der Waals surface area contributed by atoms with Crippen molar-refractivity contribution >= 4 is 5.91 Å². The standard InChI is InChI=1S/C23H27FN2O3/c24-18-12-6-5-11-17(18)23(28)25-19-15-20(29-16-9-3-1-4-10-16)22(27)21(19)26-13-7-2-8-14-26/h1,3-6,9-12,19-22,27H,2,7-8,13-15H2,(H,25,28)/t19-,20-,21+,22+/m1/s1. The average molecular weight is 398 g/mol. The van der Waals surface area contributed by atoms with E-state index in [0.29, 0.717) is 12.2 Å². The molecule has 2 N–H and O–H groups in total. The topological polar surface area (TPSA) is 61.8 Å². The normalized spacial score (nSPS) is 27.5. The van der Waals surface area contributed by atoms with Crippen LogP contribution in [0, 0.1) is 5.82 Å². The van der Waals surface area contributed by atoms with Crippen molar-refractivity contribution in [3.05, 3.63) is 66.0 Å². The summed E-state index contributed by atoms with van der Waals surface area (Å²) in [4.78, 5) is 15.0. The molecule has 0 spiro atoms. The van der Waals surface area contributed by atoms with Gasteiger partial charge in [-0.15, -0.1) is 0 Å². The van der Waals surface area contributed by atoms with E-state index in [-0.39, 0.29) is 17.6 Å². The summed E-state index contributed by atoms with van der Waals surface area (Å²) in [6.45, 7) is 1.76. The zero-order chi connectivity index (χ0) is 20.2. The first-order valence-corrected chi connectivity index (χ1v) is 10.3. The summed E-state index contributed by atoms with van der Waals surface area (Å²) in [6.07, 6.45) is 2.62. The summed E-state index contributed by atoms with van der Waals surface area (Å²) in [5, 5.41) is 14.0. The molecule has 0 bridgehead atoms. The summed E-state index contributed by atoms with van der Waals surface area (Å²) >= 11 is 0. The number of benzene rings is 2. The van der Waals surface area contributed by atoms with Gasteiger partial charge in [0.2, 0.25) is 0 Å². The van der Waals surface area contributed by atoms with E-state index in [1.54, 1.807) is 12.1 Å². The molecule has 0 radical (unpaired) electrons. The number of amides is 1. The SMILES string of the molecule is O=C(N[C@@H]1C[C@@H](Oc2ccccc2)[C@H](O)[C@H]1N1CCCCC1)c1ccccc1F. The maximum atomic E-state index is 14.1. The fourth-order valence-corrected chi connectivity index (χ4v) is 4.50. The van der Waals surface area contributed by atoms with Crippen LogP contribution in [-0.2, 0) is 0 Å². The van der Waals surface area contributed by atoms with Crippen LogP contribution in [0.3, 0.4) is 0 Å². The Bertz CT molecular complexity index is 826. The number of likely N-dealkylation sites (tertiary alicyclic amines) is 1. The minimum atomic E-state index is -0.737. The van der Waals surface area contributed by atoms with E-state index in [4.69, 9.17) is 4.74 Å². The molecule has 5 nitrogen and oxygen atoms in total. The van der Waals surface area contributed by atoms with Gasteiger partial charge in [0.15, 0.2) is 0 Å². The Morgan fingerprint density at radius 2 is 1.72 bits per heavy atom. The Hall–Kier alpha value is -2.44. The first-order valence-electron chi connectivity index (χ1n) is 10.3. The number of ether oxygens (including phenoxy) is 1. The van der Waals surface area contributed by atoms with Crippen molar-refractivity contribution in [2.24, 2.45) is 0 Å². The minimum Gasteiger partial charge on any atom is -0.488 e. The molecule has 4 rings (SSSR count). The van der Waals surface area contributed by atoms with E-state index in [1.807, 2.05) is 30.3 Å². The van der Waals surface area contributed by atoms with Crippen LogP contribution in [0.5, 0.6) is 5.75 Å². The second-order valence-corrected chi connectivity index (χ2v) is 7.84. The highest BCUT2D eigenvalue weighted by atomic mass is 19.1. The number of halogens is 1. The van der Waals surface area contributed by atoms with E-state index < -0.39 is 23.9 Å². The average Bonchev–Trinajstić information content (AvgIpc) is 3.04. The molecule has 1 amide bonds. The van der Waals surface area contributed by atoms with Crippen molar-refractivity contribution in [2.45, 2.75) is 50.0 Å². The van der Waals surface area contributed by atoms with Crippen LogP contribution >= 0.6 is 0 Å². The van der Waals surface area contributed by atoms with Gasteiger partial charge in [-0.2, -0.15) is 0 Å². The van der Waals surface area contributed by atoms with Gasteiger partial charge < -0.3 is 15.2 Å². The number of hydrogen-bond donors (Lipinski definition) is 2. The number of rotatable bonds is 5. The Labute approximate surface area is 170 Å². The number of nitrogens with zero attached hydrogens (tertiary/aromatic N) is 1. The number of para-hydroxylation sites is 1. The van der Waals surface area contributed by atoms with Gasteiger partial charge in [-0.1, -0.05) is 36.8 Å². The third kappa shape index (κ3) is 4.43. The van der Waals surface area contributed by atoms with Crippen molar-refractivity contribution in [3.63, 3.8) is 0 Å². The molecule has 2 aromatic carbocycles. The molecule has 2 aliphatic rings. The van der Waals surface area contributed by atoms with Crippen molar-refractivity contribution in [3.8, 4) is 5.75 Å². The molecule has 1 saturated carbocycles. The van der Waals surface area contributed by atoms with Gasteiger partial charge in [0.1, 0.15) is 23.8 Å². The highest BCUT2D eigenvalue weighted by molar-refractivity contribution is 5.94. The molecule has 2 fully saturated rings. The van der Waals surface area contributed by atoms with Gasteiger partial charge in [0, 0.05) is 6.42 Å². The number of hydrogen-bond acceptors (Lipinski definition) is 4. The largest absolute Gasteiger partial charge is 0.488 e. The summed E-state index contributed by atoms with van der Waals surface area (Å²) in [5.41, 5.74) is 0.0202. The first kappa shape index (κ1) is 19.9. The van der Waals surface area contributed by atoms with Crippen LogP contribution in [0.4, 0.5) is 4.39 Å². The molecule has 1 heterocycles. The van der Waals surface area contributed by atoms with Gasteiger partial charge in [0.25, 0.3) is 5.91 Å². The maximum Gasteiger partial charge on any atom is 0.254 e. The van der Waals surface area contributed by atoms with Crippen molar-refractivity contribution in [1.82, 2.24) is 10.2 Å². The van der Waals surface area contributed by atoms with E-state index in [0.717, 1.165) is 25.9 Å². The number of carbonyl (C=O) groups excluding carboxylic acids is 1. The van der Waals surface area contributed by atoms with Crippen molar-refractivity contribution in [1.29, 1.82) is 0 Å². The van der Waals surface area contributed by atoms with Gasteiger partial charge in [-0.3, -0.25) is 9.69 Å². The van der Waals surface area contributed by atoms with E-state index in [1.165, 1.54) is 18.6 Å². The van der Waals surface area contributed by atoms with E-state index >= 15 is 0 Å². The highest BCUT2D eigenvalue weighted by Gasteiger charge is 2.47. The number of aliphatic hydroxyl groups is 1. The van der Waals surface area contributed by atoms with E-state index in [9.17, 15) is 14.3 Å². The number of piperidine rings is 1. The molecule has 2 aromatic rings. The van der Waals surface area contributed by atoms with Gasteiger partial charge in [-0.25, -0.2) is 4.39 Å². The molecule has 0 unspecified atom stereocenters. The molecule has 1 aliphatic carbocycles. The molecule has 1 aliphatic heterocycles. The molecular weight excluding hydrogens is 371 g/mol. The molecule has 29 heavy (non-hydrogen) atoms. The zero-order valence-corrected chi connectivity index (χ0v) is 16.3. The van der Waals surface area contributed by atoms with Crippen LogP contribution in [0.2, 0.25) is 0 Å². The van der Waals surface area contributed by atoms with Gasteiger partial charge >= 0.3 is 0 Å². The Kier molecular flexibility index (Phi) is 6.11. The fourth-order valence-electron chi connectivity index (χ4n) is 4.50. The fraction of sp³-hybridized carbons (Fsp3) is 0.435. The monoisotopic (exact) mass is 398 g/mol. The van der Waals surface area contributed by atoms with Gasteiger partial charge in [0.05, 0.1) is 17.6 Å². The summed E-state index contributed by atoms with van der Waals surface area (Å²) in [5.74, 6) is -0.312. The maximum absolute atomic E-state index is 14.1.